The van der Waals surface area contributed by atoms with Crippen molar-refractivity contribution < 1.29 is 14.3 Å². The van der Waals surface area contributed by atoms with Gasteiger partial charge in [-0.3, -0.25) is 4.79 Å². The van der Waals surface area contributed by atoms with Crippen LogP contribution in [0.15, 0.2) is 10.6 Å². The van der Waals surface area contributed by atoms with Crippen molar-refractivity contribution >= 4 is 49.4 Å². The molecule has 3 rings (SSSR count). The van der Waals surface area contributed by atoms with Crippen molar-refractivity contribution in [1.29, 1.82) is 0 Å². The van der Waals surface area contributed by atoms with Gasteiger partial charge >= 0.3 is 5.97 Å². The number of ether oxygens (including phenoxy) is 2. The lowest BCUT2D eigenvalue weighted by atomic mass is 9.48. The summed E-state index contributed by atoms with van der Waals surface area (Å²) in [4.78, 5) is 11.5. The zero-order chi connectivity index (χ0) is 17.4. The second-order valence-electron chi connectivity index (χ2n) is 8.01. The van der Waals surface area contributed by atoms with Crippen LogP contribution in [0, 0.1) is 10.8 Å². The number of hydrogen-bond donors (Lipinski definition) is 0. The number of rotatable bonds is 1. The van der Waals surface area contributed by atoms with Gasteiger partial charge in [0.2, 0.25) is 0 Å². The molecule has 1 saturated heterocycles. The van der Waals surface area contributed by atoms with Crippen LogP contribution in [0.5, 0.6) is 0 Å². The Bertz CT molecular complexity index is 588. The van der Waals surface area contributed by atoms with Gasteiger partial charge in [-0.05, 0) is 26.3 Å². The van der Waals surface area contributed by atoms with Crippen LogP contribution in [0.25, 0.3) is 0 Å². The Kier molecular flexibility index (Phi) is 4.13. The van der Waals surface area contributed by atoms with Crippen LogP contribution in [0.3, 0.4) is 0 Å². The molecular formula is C17H23Br2ClO3. The van der Waals surface area contributed by atoms with Gasteiger partial charge in [0.15, 0.2) is 0 Å². The molecule has 0 amide bonds. The molecule has 3 nitrogen and oxygen atoms in total. The average Bonchev–Trinajstić information content (AvgIpc) is 3.03. The Morgan fingerprint density at radius 2 is 1.96 bits per heavy atom. The minimum atomic E-state index is -0.462. The smallest absolute Gasteiger partial charge is 0.302 e. The maximum absolute atomic E-state index is 11.8. The zero-order valence-corrected chi connectivity index (χ0v) is 18.0. The summed E-state index contributed by atoms with van der Waals surface area (Å²) in [7, 11) is 0. The van der Waals surface area contributed by atoms with Gasteiger partial charge in [0, 0.05) is 33.5 Å². The number of epoxide rings is 1. The molecule has 0 aromatic rings. The minimum Gasteiger partial charge on any atom is -0.462 e. The third-order valence-corrected chi connectivity index (χ3v) is 9.62. The first-order chi connectivity index (χ1) is 10.4. The Hall–Kier alpha value is 0.420. The number of halogens is 3. The molecule has 0 radical (unpaired) electrons. The van der Waals surface area contributed by atoms with Crippen LogP contribution >= 0.6 is 43.5 Å². The lowest BCUT2D eigenvalue weighted by molar-refractivity contribution is -0.176. The molecule has 0 aromatic heterocycles. The van der Waals surface area contributed by atoms with Gasteiger partial charge in [-0.1, -0.05) is 45.7 Å². The highest BCUT2D eigenvalue weighted by molar-refractivity contribution is 9.11. The Morgan fingerprint density at radius 3 is 2.52 bits per heavy atom. The second kappa shape index (κ2) is 5.21. The SMILES string of the molecule is CC(=O)O[C@H]1C[C@](C)(Cl)[C@@H](Br)C[C@@]12C(C)(C)C(Br)=C[C@H]1O[C@]12C. The number of fused-ring (bicyclic) bond motifs is 2. The maximum Gasteiger partial charge on any atom is 0.302 e. The molecule has 6 heteroatoms. The van der Waals surface area contributed by atoms with Gasteiger partial charge in [0.1, 0.15) is 17.8 Å². The van der Waals surface area contributed by atoms with E-state index in [1.165, 1.54) is 6.92 Å². The van der Waals surface area contributed by atoms with Crippen molar-refractivity contribution in [2.75, 3.05) is 0 Å². The van der Waals surface area contributed by atoms with Gasteiger partial charge in [0.25, 0.3) is 0 Å². The lowest BCUT2D eigenvalue weighted by Crippen LogP contribution is -2.65. The van der Waals surface area contributed by atoms with Crippen molar-refractivity contribution in [3.63, 3.8) is 0 Å². The summed E-state index contributed by atoms with van der Waals surface area (Å²) in [5.41, 5.74) is -0.909. The molecule has 23 heavy (non-hydrogen) atoms. The predicted octanol–water partition coefficient (Wildman–Crippen LogP) is 4.94. The lowest BCUT2D eigenvalue weighted by Gasteiger charge is -2.60. The first-order valence-electron chi connectivity index (χ1n) is 7.94. The number of carbonyl (C=O) groups is 1. The minimum absolute atomic E-state index is 0.0577. The number of carbonyl (C=O) groups excluding carboxylic acids is 1. The van der Waals surface area contributed by atoms with Crippen molar-refractivity contribution in [2.24, 2.45) is 10.8 Å². The summed E-state index contributed by atoms with van der Waals surface area (Å²) in [6.07, 6.45) is 3.30. The average molecular weight is 471 g/mol. The third-order valence-electron chi connectivity index (χ3n) is 6.35. The Labute approximate surface area is 159 Å². The van der Waals surface area contributed by atoms with Crippen molar-refractivity contribution in [1.82, 2.24) is 0 Å². The van der Waals surface area contributed by atoms with E-state index in [0.29, 0.717) is 6.42 Å². The highest BCUT2D eigenvalue weighted by atomic mass is 79.9. The van der Waals surface area contributed by atoms with E-state index in [1.807, 2.05) is 6.92 Å². The summed E-state index contributed by atoms with van der Waals surface area (Å²) in [6, 6.07) is 0. The van der Waals surface area contributed by atoms with E-state index in [-0.39, 0.29) is 39.4 Å². The molecule has 1 saturated carbocycles. The molecular weight excluding hydrogens is 447 g/mol. The summed E-state index contributed by atoms with van der Waals surface area (Å²) < 4.78 is 13.1. The number of allylic oxidation sites excluding steroid dienone is 1. The van der Waals surface area contributed by atoms with Crippen LogP contribution in [0.1, 0.15) is 47.5 Å². The molecule has 0 bridgehead atoms. The van der Waals surface area contributed by atoms with Crippen LogP contribution in [0.4, 0.5) is 0 Å². The molecule has 1 spiro atoms. The topological polar surface area (TPSA) is 38.8 Å². The third kappa shape index (κ3) is 2.32. The predicted molar refractivity (Wildman–Crippen MR) is 98.3 cm³/mol. The van der Waals surface area contributed by atoms with E-state index in [4.69, 9.17) is 21.1 Å². The van der Waals surface area contributed by atoms with E-state index in [1.54, 1.807) is 0 Å². The highest BCUT2D eigenvalue weighted by Gasteiger charge is 2.77. The standard InChI is InChI=1S/C17H23Br2ClO3/c1-9(21)22-13-8-15(4,20)11(19)7-17(13)14(2,3)10(18)6-12-16(17,5)23-12/h6,11-13H,7-8H2,1-5H3/t11-,12+,13-,15-,16+,17-/m0/s1. The number of hydrogen-bond acceptors (Lipinski definition) is 3. The fraction of sp³-hybridized carbons (Fsp3) is 0.824. The van der Waals surface area contributed by atoms with Gasteiger partial charge < -0.3 is 9.47 Å². The van der Waals surface area contributed by atoms with Crippen molar-refractivity contribution in [3.8, 4) is 0 Å². The fourth-order valence-electron chi connectivity index (χ4n) is 4.77. The highest BCUT2D eigenvalue weighted by Crippen LogP contribution is 2.72. The monoisotopic (exact) mass is 468 g/mol. The van der Waals surface area contributed by atoms with Crippen LogP contribution in [-0.4, -0.2) is 33.5 Å². The van der Waals surface area contributed by atoms with Crippen LogP contribution in [0.2, 0.25) is 0 Å². The summed E-state index contributed by atoms with van der Waals surface area (Å²) in [5.74, 6) is -0.267. The first-order valence-corrected chi connectivity index (χ1v) is 10.0. The van der Waals surface area contributed by atoms with Gasteiger partial charge in [0.05, 0.1) is 4.87 Å². The molecule has 1 aliphatic heterocycles. The maximum atomic E-state index is 11.8. The molecule has 6 atom stereocenters. The molecule has 0 aromatic carbocycles. The van der Waals surface area contributed by atoms with Crippen molar-refractivity contribution in [2.45, 2.75) is 75.0 Å². The first kappa shape index (κ1) is 18.2. The van der Waals surface area contributed by atoms with Crippen LogP contribution < -0.4 is 0 Å². The molecule has 2 aliphatic carbocycles. The summed E-state index contributed by atoms with van der Waals surface area (Å²) in [5, 5.41) is 0. The van der Waals surface area contributed by atoms with E-state index in [9.17, 15) is 4.79 Å². The molecule has 130 valence electrons. The zero-order valence-electron chi connectivity index (χ0n) is 14.1. The largest absolute Gasteiger partial charge is 0.462 e. The van der Waals surface area contributed by atoms with Crippen LogP contribution in [-0.2, 0) is 14.3 Å². The number of alkyl halides is 2. The van der Waals surface area contributed by atoms with Crippen molar-refractivity contribution in [3.05, 3.63) is 10.6 Å². The quantitative estimate of drug-likeness (QED) is 0.310. The molecule has 0 unspecified atom stereocenters. The van der Waals surface area contributed by atoms with E-state index in [0.717, 1.165) is 10.9 Å². The van der Waals surface area contributed by atoms with Gasteiger partial charge in [-0.2, -0.15) is 0 Å². The Morgan fingerprint density at radius 1 is 1.35 bits per heavy atom. The molecule has 1 heterocycles. The molecule has 0 N–H and O–H groups in total. The Balaban J connectivity index is 2.16. The number of esters is 1. The van der Waals surface area contributed by atoms with E-state index in [2.05, 4.69) is 58.7 Å². The molecule has 3 aliphatic rings. The normalized spacial score (nSPS) is 51.0. The molecule has 2 fully saturated rings. The van der Waals surface area contributed by atoms with Gasteiger partial charge in [-0.15, -0.1) is 11.6 Å². The van der Waals surface area contributed by atoms with E-state index < -0.39 is 4.87 Å². The second-order valence-corrected chi connectivity index (χ2v) is 10.8. The van der Waals surface area contributed by atoms with E-state index >= 15 is 0 Å². The van der Waals surface area contributed by atoms with Gasteiger partial charge in [-0.25, -0.2) is 0 Å². The fourth-order valence-corrected chi connectivity index (χ4v) is 6.28. The summed E-state index contributed by atoms with van der Waals surface area (Å²) in [6.45, 7) is 10.0. The summed E-state index contributed by atoms with van der Waals surface area (Å²) >= 11 is 14.3.